The van der Waals surface area contributed by atoms with Crippen LogP contribution < -0.4 is 10.9 Å². The summed E-state index contributed by atoms with van der Waals surface area (Å²) in [4.78, 5) is 26.5. The van der Waals surface area contributed by atoms with Crippen molar-refractivity contribution in [2.75, 3.05) is 34.5 Å². The molecule has 0 aliphatic carbocycles. The molecule has 2 N–H and O–H groups in total. The monoisotopic (exact) mass is 373 g/mol. The summed E-state index contributed by atoms with van der Waals surface area (Å²) in [7, 11) is 6.30. The van der Waals surface area contributed by atoms with E-state index >= 15 is 0 Å². The molecule has 1 aliphatic heterocycles. The maximum Gasteiger partial charge on any atom is 0.257 e. The Hall–Kier alpha value is -1.59. The van der Waals surface area contributed by atoms with Crippen molar-refractivity contribution in [3.63, 3.8) is 0 Å². The Kier molecular flexibility index (Phi) is 6.85. The molecule has 9 nitrogen and oxygen atoms in total. The van der Waals surface area contributed by atoms with Gasteiger partial charge in [0.2, 0.25) is 5.91 Å². The highest BCUT2D eigenvalue weighted by Gasteiger charge is 2.47. The summed E-state index contributed by atoms with van der Waals surface area (Å²) in [5, 5.41) is 2.48. The van der Waals surface area contributed by atoms with Gasteiger partial charge >= 0.3 is 0 Å². The van der Waals surface area contributed by atoms with Crippen molar-refractivity contribution in [2.45, 2.75) is 24.4 Å². The van der Waals surface area contributed by atoms with Gasteiger partial charge in [-0.2, -0.15) is 0 Å². The molecule has 0 radical (unpaired) electrons. The van der Waals surface area contributed by atoms with Gasteiger partial charge < -0.3 is 28.8 Å². The standard InChI is InChI=1S/C15H23N3O6S/c1-16-10(19)7-23-13-11(24-9(6-21-3)12(13)22-4)8-5-18(2)15(25)17-14(8)20/h5,9,11-13H,6-7H2,1-4H3,(H,16,19)(H,17,20,25)/t9-,11+,12?,13-/m1/s1. The van der Waals surface area contributed by atoms with E-state index in [-0.39, 0.29) is 24.7 Å². The summed E-state index contributed by atoms with van der Waals surface area (Å²) in [5.74, 6) is -0.288. The SMILES string of the molecule is CNC(=O)CO[C@H]1C(OC)[C@@H](COC)O[C@H]1c1cn(C)c(=S)[nH]c1=O. The molecule has 2 rings (SSSR count). The van der Waals surface area contributed by atoms with Gasteiger partial charge in [0.25, 0.3) is 5.56 Å². The van der Waals surface area contributed by atoms with Crippen LogP contribution in [0.3, 0.4) is 0 Å². The van der Waals surface area contributed by atoms with Gasteiger partial charge in [-0.25, -0.2) is 0 Å². The van der Waals surface area contributed by atoms with E-state index in [0.29, 0.717) is 10.3 Å². The first kappa shape index (κ1) is 19.7. The van der Waals surface area contributed by atoms with E-state index in [1.54, 1.807) is 24.9 Å². The molecular formula is C15H23N3O6S. The molecule has 1 unspecified atom stereocenters. The smallest absolute Gasteiger partial charge is 0.257 e. The van der Waals surface area contributed by atoms with Crippen molar-refractivity contribution in [2.24, 2.45) is 7.05 Å². The number of amides is 1. The van der Waals surface area contributed by atoms with E-state index < -0.39 is 24.4 Å². The molecule has 140 valence electrons. The van der Waals surface area contributed by atoms with E-state index in [2.05, 4.69) is 10.3 Å². The van der Waals surface area contributed by atoms with E-state index in [4.69, 9.17) is 31.2 Å². The number of nitrogens with one attached hydrogen (secondary N) is 2. The molecule has 1 aromatic rings. The maximum atomic E-state index is 12.4. The number of rotatable bonds is 7. The summed E-state index contributed by atoms with van der Waals surface area (Å²) in [6.07, 6.45) is -0.714. The number of aromatic nitrogens is 2. The first-order chi connectivity index (χ1) is 11.9. The van der Waals surface area contributed by atoms with Gasteiger partial charge in [0, 0.05) is 34.5 Å². The molecule has 1 fully saturated rings. The number of hydrogen-bond acceptors (Lipinski definition) is 7. The average Bonchev–Trinajstić information content (AvgIpc) is 2.93. The third kappa shape index (κ3) is 4.33. The van der Waals surface area contributed by atoms with E-state index in [0.717, 1.165) is 0 Å². The second kappa shape index (κ2) is 8.68. The molecule has 0 saturated carbocycles. The summed E-state index contributed by atoms with van der Waals surface area (Å²) >= 11 is 5.05. The van der Waals surface area contributed by atoms with Crippen molar-refractivity contribution >= 4 is 18.1 Å². The van der Waals surface area contributed by atoms with Gasteiger partial charge in [0.1, 0.15) is 31.0 Å². The van der Waals surface area contributed by atoms with E-state index in [1.807, 2.05) is 0 Å². The van der Waals surface area contributed by atoms with E-state index in [9.17, 15) is 9.59 Å². The van der Waals surface area contributed by atoms with Crippen molar-refractivity contribution in [3.05, 3.63) is 26.9 Å². The summed E-state index contributed by atoms with van der Waals surface area (Å²) < 4.78 is 24.3. The number of likely N-dealkylation sites (N-methyl/N-ethyl adjacent to an activating group) is 1. The molecule has 25 heavy (non-hydrogen) atoms. The summed E-state index contributed by atoms with van der Waals surface area (Å²) in [5.41, 5.74) is -0.0202. The average molecular weight is 373 g/mol. The highest BCUT2D eigenvalue weighted by atomic mass is 32.1. The number of hydrogen-bond donors (Lipinski definition) is 2. The van der Waals surface area contributed by atoms with Crippen LogP contribution in [0.15, 0.2) is 11.0 Å². The molecule has 1 aliphatic rings. The Morgan fingerprint density at radius 1 is 1.44 bits per heavy atom. The van der Waals surface area contributed by atoms with Gasteiger partial charge in [0.15, 0.2) is 4.77 Å². The zero-order valence-corrected chi connectivity index (χ0v) is 15.4. The number of methoxy groups -OCH3 is 2. The fraction of sp³-hybridized carbons (Fsp3) is 0.667. The molecular weight excluding hydrogens is 350 g/mol. The van der Waals surface area contributed by atoms with Crippen LogP contribution in [0, 0.1) is 4.77 Å². The summed E-state index contributed by atoms with van der Waals surface area (Å²) in [6, 6.07) is 0. The van der Waals surface area contributed by atoms with Crippen molar-refractivity contribution in [1.82, 2.24) is 14.9 Å². The minimum atomic E-state index is -0.722. The molecule has 1 aromatic heterocycles. The van der Waals surface area contributed by atoms with Gasteiger partial charge in [-0.3, -0.25) is 14.6 Å². The number of carbonyl (C=O) groups excluding carboxylic acids is 1. The topological polar surface area (TPSA) is 104 Å². The van der Waals surface area contributed by atoms with Gasteiger partial charge in [-0.15, -0.1) is 0 Å². The molecule has 2 heterocycles. The van der Waals surface area contributed by atoms with Crippen LogP contribution in [0.25, 0.3) is 0 Å². The quantitative estimate of drug-likeness (QED) is 0.631. The lowest BCUT2D eigenvalue weighted by Crippen LogP contribution is -2.39. The Labute approximate surface area is 150 Å². The second-order valence-corrected chi connectivity index (χ2v) is 6.04. The van der Waals surface area contributed by atoms with Gasteiger partial charge in [-0.1, -0.05) is 0 Å². The molecule has 0 bridgehead atoms. The van der Waals surface area contributed by atoms with Crippen LogP contribution in [0.1, 0.15) is 11.7 Å². The van der Waals surface area contributed by atoms with Crippen LogP contribution in [-0.2, 0) is 30.8 Å². The lowest BCUT2D eigenvalue weighted by atomic mass is 10.0. The zero-order chi connectivity index (χ0) is 18.6. The first-order valence-electron chi connectivity index (χ1n) is 7.72. The minimum Gasteiger partial charge on any atom is -0.382 e. The summed E-state index contributed by atoms with van der Waals surface area (Å²) in [6.45, 7) is 0.0851. The van der Waals surface area contributed by atoms with Crippen LogP contribution in [0.2, 0.25) is 0 Å². The Balaban J connectivity index is 2.37. The largest absolute Gasteiger partial charge is 0.382 e. The number of aryl methyl sites for hydroxylation is 1. The van der Waals surface area contributed by atoms with E-state index in [1.165, 1.54) is 14.2 Å². The third-order valence-electron chi connectivity index (χ3n) is 4.04. The van der Waals surface area contributed by atoms with Crippen LogP contribution in [0.4, 0.5) is 0 Å². The molecule has 4 atom stereocenters. The fourth-order valence-corrected chi connectivity index (χ4v) is 2.92. The lowest BCUT2D eigenvalue weighted by Gasteiger charge is -2.23. The molecule has 1 saturated heterocycles. The minimum absolute atomic E-state index is 0.177. The number of aromatic amines is 1. The van der Waals surface area contributed by atoms with Crippen molar-refractivity contribution in [3.8, 4) is 0 Å². The number of H-pyrrole nitrogens is 1. The number of ether oxygens (including phenoxy) is 4. The second-order valence-electron chi connectivity index (χ2n) is 5.65. The molecule has 0 spiro atoms. The zero-order valence-electron chi connectivity index (χ0n) is 14.6. The highest BCUT2D eigenvalue weighted by molar-refractivity contribution is 7.71. The molecule has 10 heteroatoms. The number of nitrogens with zero attached hydrogens (tertiary/aromatic N) is 1. The number of carbonyl (C=O) groups is 1. The van der Waals surface area contributed by atoms with Gasteiger partial charge in [-0.05, 0) is 12.2 Å². The Morgan fingerprint density at radius 2 is 2.16 bits per heavy atom. The third-order valence-corrected chi connectivity index (χ3v) is 4.43. The maximum absolute atomic E-state index is 12.4. The predicted octanol–water partition coefficient (Wildman–Crippen LogP) is -0.325. The predicted molar refractivity (Wildman–Crippen MR) is 91.0 cm³/mol. The van der Waals surface area contributed by atoms with Crippen molar-refractivity contribution in [1.29, 1.82) is 0 Å². The van der Waals surface area contributed by atoms with Crippen molar-refractivity contribution < 1.29 is 23.7 Å². The van der Waals surface area contributed by atoms with Crippen LogP contribution in [-0.4, -0.2) is 68.3 Å². The first-order valence-corrected chi connectivity index (χ1v) is 8.13. The van der Waals surface area contributed by atoms with Crippen LogP contribution >= 0.6 is 12.2 Å². The highest BCUT2D eigenvalue weighted by Crippen LogP contribution is 2.35. The fourth-order valence-electron chi connectivity index (χ4n) is 2.77. The Morgan fingerprint density at radius 3 is 2.76 bits per heavy atom. The normalized spacial score (nSPS) is 25.9. The molecule has 1 amide bonds. The molecule has 0 aromatic carbocycles. The Bertz CT molecular complexity index is 718. The lowest BCUT2D eigenvalue weighted by molar-refractivity contribution is -0.131. The van der Waals surface area contributed by atoms with Gasteiger partial charge in [0.05, 0.1) is 12.2 Å². The van der Waals surface area contributed by atoms with Crippen LogP contribution in [0.5, 0.6) is 0 Å².